The van der Waals surface area contributed by atoms with Crippen molar-refractivity contribution in [3.05, 3.63) is 0 Å². The molecule has 7 nitrogen and oxygen atoms in total. The third-order valence-corrected chi connectivity index (χ3v) is 3.24. The minimum Gasteiger partial charge on any atom is -0.368 e. The number of anilines is 3. The summed E-state index contributed by atoms with van der Waals surface area (Å²) in [5.41, 5.74) is 5.79. The zero-order chi connectivity index (χ0) is 13.8. The molecule has 0 saturated carbocycles. The monoisotopic (exact) mass is 265 g/mol. The van der Waals surface area contributed by atoms with Crippen molar-refractivity contribution >= 4 is 17.8 Å². The number of hydrogen-bond acceptors (Lipinski definition) is 7. The van der Waals surface area contributed by atoms with Gasteiger partial charge < -0.3 is 20.4 Å². The summed E-state index contributed by atoms with van der Waals surface area (Å²) in [6, 6.07) is 0. The molecule has 2 N–H and O–H groups in total. The quantitative estimate of drug-likeness (QED) is 0.806. The summed E-state index contributed by atoms with van der Waals surface area (Å²) in [5, 5.41) is 0. The predicted molar refractivity (Wildman–Crippen MR) is 77.5 cm³/mol. The van der Waals surface area contributed by atoms with Gasteiger partial charge in [-0.3, -0.25) is 0 Å². The van der Waals surface area contributed by atoms with Gasteiger partial charge in [-0.1, -0.05) is 0 Å². The number of nitrogens with two attached hydrogens (primary N) is 1. The molecule has 7 heteroatoms. The first-order chi connectivity index (χ1) is 9.06. The highest BCUT2D eigenvalue weighted by Gasteiger charge is 2.17. The standard InChI is InChI=1S/C12H23N7/c1-17(2)8-9-18(3)11-14-10(13)15-12(16-11)19-6-4-5-7-19/h4-9H2,1-3H3,(H2,13,14,15,16). The number of hydrogen-bond donors (Lipinski definition) is 1. The van der Waals surface area contributed by atoms with Crippen LogP contribution in [0.15, 0.2) is 0 Å². The van der Waals surface area contributed by atoms with E-state index in [0.29, 0.717) is 17.8 Å². The first-order valence-electron chi connectivity index (χ1n) is 6.68. The fraction of sp³-hybridized carbons (Fsp3) is 0.750. The molecule has 1 aliphatic heterocycles. The van der Waals surface area contributed by atoms with E-state index in [4.69, 9.17) is 5.73 Å². The lowest BCUT2D eigenvalue weighted by Gasteiger charge is -2.21. The van der Waals surface area contributed by atoms with Crippen LogP contribution in [0.5, 0.6) is 0 Å². The van der Waals surface area contributed by atoms with Crippen LogP contribution >= 0.6 is 0 Å². The zero-order valence-corrected chi connectivity index (χ0v) is 12.0. The average Bonchev–Trinajstić information content (AvgIpc) is 2.89. The molecular formula is C12H23N7. The Morgan fingerprint density at radius 3 is 2.37 bits per heavy atom. The van der Waals surface area contributed by atoms with Crippen LogP contribution in [0.3, 0.4) is 0 Å². The predicted octanol–water partition coefficient (Wildman–Crippen LogP) is 0.0518. The molecule has 0 bridgehead atoms. The summed E-state index contributed by atoms with van der Waals surface area (Å²) in [6.07, 6.45) is 2.38. The van der Waals surface area contributed by atoms with E-state index in [0.717, 1.165) is 26.2 Å². The van der Waals surface area contributed by atoms with Gasteiger partial charge in [0.1, 0.15) is 0 Å². The van der Waals surface area contributed by atoms with E-state index in [2.05, 4.69) is 24.8 Å². The van der Waals surface area contributed by atoms with Crippen LogP contribution in [0.1, 0.15) is 12.8 Å². The van der Waals surface area contributed by atoms with Crippen LogP contribution in [0.2, 0.25) is 0 Å². The van der Waals surface area contributed by atoms with Gasteiger partial charge in [0.2, 0.25) is 17.8 Å². The maximum Gasteiger partial charge on any atom is 0.231 e. The topological polar surface area (TPSA) is 74.4 Å². The highest BCUT2D eigenvalue weighted by atomic mass is 15.4. The highest BCUT2D eigenvalue weighted by molar-refractivity contribution is 5.43. The summed E-state index contributed by atoms with van der Waals surface area (Å²) >= 11 is 0. The lowest BCUT2D eigenvalue weighted by Crippen LogP contribution is -2.31. The summed E-state index contributed by atoms with van der Waals surface area (Å²) in [7, 11) is 6.07. The van der Waals surface area contributed by atoms with Gasteiger partial charge >= 0.3 is 0 Å². The van der Waals surface area contributed by atoms with E-state index in [9.17, 15) is 0 Å². The van der Waals surface area contributed by atoms with Gasteiger partial charge in [-0.25, -0.2) is 0 Å². The summed E-state index contributed by atoms with van der Waals surface area (Å²) in [4.78, 5) is 19.3. The van der Waals surface area contributed by atoms with Crippen LogP contribution < -0.4 is 15.5 Å². The minimum atomic E-state index is 0.295. The Labute approximate surface area is 114 Å². The van der Waals surface area contributed by atoms with Crippen molar-refractivity contribution in [3.63, 3.8) is 0 Å². The second kappa shape index (κ2) is 6.01. The largest absolute Gasteiger partial charge is 0.368 e. The van der Waals surface area contributed by atoms with Gasteiger partial charge in [-0.15, -0.1) is 0 Å². The van der Waals surface area contributed by atoms with Crippen molar-refractivity contribution in [2.75, 3.05) is 62.9 Å². The number of rotatable bonds is 5. The number of nitrogen functional groups attached to an aromatic ring is 1. The number of aromatic nitrogens is 3. The molecule has 0 spiro atoms. The second-order valence-electron chi connectivity index (χ2n) is 5.21. The van der Waals surface area contributed by atoms with E-state index in [1.165, 1.54) is 12.8 Å². The summed E-state index contributed by atoms with van der Waals surface area (Å²) in [5.74, 6) is 1.65. The molecule has 2 rings (SSSR count). The van der Waals surface area contributed by atoms with Crippen molar-refractivity contribution < 1.29 is 0 Å². The summed E-state index contributed by atoms with van der Waals surface area (Å²) < 4.78 is 0. The van der Waals surface area contributed by atoms with E-state index in [1.807, 2.05) is 26.0 Å². The molecule has 1 fully saturated rings. The van der Waals surface area contributed by atoms with E-state index in [1.54, 1.807) is 0 Å². The van der Waals surface area contributed by atoms with Gasteiger partial charge in [0.25, 0.3) is 0 Å². The van der Waals surface area contributed by atoms with E-state index in [-0.39, 0.29) is 0 Å². The lowest BCUT2D eigenvalue weighted by atomic mass is 10.4. The lowest BCUT2D eigenvalue weighted by molar-refractivity contribution is 0.415. The van der Waals surface area contributed by atoms with Gasteiger partial charge in [-0.2, -0.15) is 15.0 Å². The third kappa shape index (κ3) is 3.66. The Bertz CT molecular complexity index is 415. The Kier molecular flexibility index (Phi) is 4.36. The molecule has 0 unspecified atom stereocenters. The maximum absolute atomic E-state index is 5.79. The molecule has 1 aliphatic rings. The van der Waals surface area contributed by atoms with Crippen LogP contribution in [0.25, 0.3) is 0 Å². The first-order valence-corrected chi connectivity index (χ1v) is 6.68. The van der Waals surface area contributed by atoms with Crippen molar-refractivity contribution in [2.45, 2.75) is 12.8 Å². The van der Waals surface area contributed by atoms with Crippen molar-refractivity contribution in [1.82, 2.24) is 19.9 Å². The minimum absolute atomic E-state index is 0.295. The number of nitrogens with zero attached hydrogens (tertiary/aromatic N) is 6. The van der Waals surface area contributed by atoms with Crippen molar-refractivity contribution in [1.29, 1.82) is 0 Å². The van der Waals surface area contributed by atoms with Crippen LogP contribution in [0.4, 0.5) is 17.8 Å². The highest BCUT2D eigenvalue weighted by Crippen LogP contribution is 2.18. The molecule has 0 atom stereocenters. The Balaban J connectivity index is 2.11. The molecular weight excluding hydrogens is 242 g/mol. The zero-order valence-electron chi connectivity index (χ0n) is 12.0. The van der Waals surface area contributed by atoms with E-state index < -0.39 is 0 Å². The molecule has 0 amide bonds. The van der Waals surface area contributed by atoms with Gasteiger partial charge in [0.05, 0.1) is 0 Å². The maximum atomic E-state index is 5.79. The van der Waals surface area contributed by atoms with Crippen LogP contribution in [-0.2, 0) is 0 Å². The normalized spacial score (nSPS) is 15.3. The molecule has 19 heavy (non-hydrogen) atoms. The van der Waals surface area contributed by atoms with Crippen LogP contribution in [-0.4, -0.2) is 67.2 Å². The van der Waals surface area contributed by atoms with Crippen molar-refractivity contribution in [3.8, 4) is 0 Å². The fourth-order valence-electron chi connectivity index (χ4n) is 2.05. The molecule has 1 saturated heterocycles. The second-order valence-corrected chi connectivity index (χ2v) is 5.21. The Morgan fingerprint density at radius 2 is 1.74 bits per heavy atom. The molecule has 0 aliphatic carbocycles. The summed E-state index contributed by atoms with van der Waals surface area (Å²) in [6.45, 7) is 3.81. The molecule has 106 valence electrons. The van der Waals surface area contributed by atoms with E-state index >= 15 is 0 Å². The first kappa shape index (κ1) is 13.8. The molecule has 0 aromatic carbocycles. The fourth-order valence-corrected chi connectivity index (χ4v) is 2.05. The Morgan fingerprint density at radius 1 is 1.05 bits per heavy atom. The van der Waals surface area contributed by atoms with Gasteiger partial charge in [0.15, 0.2) is 0 Å². The smallest absolute Gasteiger partial charge is 0.231 e. The number of likely N-dealkylation sites (N-methyl/N-ethyl adjacent to an activating group) is 2. The van der Waals surface area contributed by atoms with Gasteiger partial charge in [0, 0.05) is 33.2 Å². The Hall–Kier alpha value is -1.63. The van der Waals surface area contributed by atoms with Crippen LogP contribution in [0, 0.1) is 0 Å². The molecule has 1 aromatic rings. The van der Waals surface area contributed by atoms with Gasteiger partial charge in [-0.05, 0) is 26.9 Å². The molecule has 0 radical (unpaired) electrons. The molecule has 2 heterocycles. The third-order valence-electron chi connectivity index (χ3n) is 3.24. The van der Waals surface area contributed by atoms with Crippen molar-refractivity contribution in [2.24, 2.45) is 0 Å². The molecule has 1 aromatic heterocycles. The average molecular weight is 265 g/mol. The SMILES string of the molecule is CN(C)CCN(C)c1nc(N)nc(N2CCCC2)n1.